The van der Waals surface area contributed by atoms with Gasteiger partial charge in [-0.3, -0.25) is 9.59 Å². The van der Waals surface area contributed by atoms with Crippen LogP contribution in [0.5, 0.6) is 0 Å². The Morgan fingerprint density at radius 3 is 2.89 bits per heavy atom. The van der Waals surface area contributed by atoms with Gasteiger partial charge in [0.25, 0.3) is 5.91 Å². The first kappa shape index (κ1) is 13.4. The highest BCUT2D eigenvalue weighted by Crippen LogP contribution is 2.25. The van der Waals surface area contributed by atoms with Gasteiger partial charge in [-0.2, -0.15) is 0 Å². The van der Waals surface area contributed by atoms with Crippen LogP contribution in [-0.4, -0.2) is 36.6 Å². The second-order valence-electron chi connectivity index (χ2n) is 4.47. The van der Waals surface area contributed by atoms with Crippen LogP contribution in [-0.2, 0) is 9.53 Å². The molecule has 0 spiro atoms. The maximum absolute atomic E-state index is 12.2. The lowest BCUT2D eigenvalue weighted by Crippen LogP contribution is -2.46. The molecule has 1 aromatic carbocycles. The molecule has 102 valence electrons. The fourth-order valence-corrected chi connectivity index (χ4v) is 2.16. The van der Waals surface area contributed by atoms with Gasteiger partial charge in [-0.05, 0) is 25.5 Å². The molecule has 0 fully saturated rings. The fraction of sp³-hybridized carbons (Fsp3) is 0.429. The van der Waals surface area contributed by atoms with Crippen LogP contribution in [0.2, 0.25) is 0 Å². The Morgan fingerprint density at radius 2 is 2.16 bits per heavy atom. The molecule has 1 unspecified atom stereocenters. The van der Waals surface area contributed by atoms with E-state index in [1.165, 1.54) is 0 Å². The topological polar surface area (TPSA) is 58.6 Å². The van der Waals surface area contributed by atoms with Crippen molar-refractivity contribution in [2.45, 2.75) is 25.9 Å². The van der Waals surface area contributed by atoms with Gasteiger partial charge in [0.2, 0.25) is 0 Å². The summed E-state index contributed by atoms with van der Waals surface area (Å²) >= 11 is 0. The molecule has 5 nitrogen and oxygen atoms in total. The lowest BCUT2D eigenvalue weighted by molar-refractivity contribution is -0.143. The van der Waals surface area contributed by atoms with Crippen molar-refractivity contribution in [2.24, 2.45) is 0 Å². The number of fused-ring (bicyclic) bond motifs is 1. The number of hydrogen-bond acceptors (Lipinski definition) is 4. The maximum atomic E-state index is 12.2. The molecule has 2 rings (SSSR count). The number of nitrogens with zero attached hydrogens (tertiary/aromatic N) is 1. The Labute approximate surface area is 112 Å². The number of para-hydroxylation sites is 1. The molecule has 19 heavy (non-hydrogen) atoms. The first-order valence-corrected chi connectivity index (χ1v) is 6.42. The number of benzene rings is 1. The number of nitrogens with one attached hydrogen (secondary N) is 1. The SMILES string of the molecule is CCOC(=O)CCC1Nc2ccccc2C(=O)N1C. The van der Waals surface area contributed by atoms with Crippen molar-refractivity contribution in [3.8, 4) is 0 Å². The second-order valence-corrected chi connectivity index (χ2v) is 4.47. The van der Waals surface area contributed by atoms with Crippen LogP contribution in [0.15, 0.2) is 24.3 Å². The van der Waals surface area contributed by atoms with Crippen LogP contribution in [0.25, 0.3) is 0 Å². The molecule has 1 aliphatic heterocycles. The smallest absolute Gasteiger partial charge is 0.305 e. The van der Waals surface area contributed by atoms with Crippen molar-refractivity contribution >= 4 is 17.6 Å². The van der Waals surface area contributed by atoms with Crippen molar-refractivity contribution in [1.29, 1.82) is 0 Å². The average molecular weight is 262 g/mol. The standard InChI is InChI=1S/C14H18N2O3/c1-3-19-13(17)9-8-12-15-11-7-5-4-6-10(11)14(18)16(12)2/h4-7,12,15H,3,8-9H2,1-2H3. The monoisotopic (exact) mass is 262 g/mol. The maximum Gasteiger partial charge on any atom is 0.305 e. The van der Waals surface area contributed by atoms with Crippen molar-refractivity contribution in [1.82, 2.24) is 4.90 Å². The lowest BCUT2D eigenvalue weighted by Gasteiger charge is -2.35. The summed E-state index contributed by atoms with van der Waals surface area (Å²) in [5.41, 5.74) is 1.48. The minimum Gasteiger partial charge on any atom is -0.466 e. The van der Waals surface area contributed by atoms with E-state index < -0.39 is 0 Å². The summed E-state index contributed by atoms with van der Waals surface area (Å²) in [6.45, 7) is 2.16. The predicted molar refractivity (Wildman–Crippen MR) is 71.8 cm³/mol. The summed E-state index contributed by atoms with van der Waals surface area (Å²) in [6, 6.07) is 7.39. The van der Waals surface area contributed by atoms with E-state index in [1.54, 1.807) is 24.9 Å². The number of anilines is 1. The van der Waals surface area contributed by atoms with E-state index in [1.807, 2.05) is 18.2 Å². The molecular formula is C14H18N2O3. The molecule has 1 heterocycles. The van der Waals surface area contributed by atoms with Gasteiger partial charge in [0, 0.05) is 19.2 Å². The van der Waals surface area contributed by atoms with Crippen molar-refractivity contribution in [3.63, 3.8) is 0 Å². The number of ether oxygens (including phenoxy) is 1. The van der Waals surface area contributed by atoms with E-state index in [0.717, 1.165) is 5.69 Å². The summed E-state index contributed by atoms with van der Waals surface area (Å²) in [5, 5.41) is 3.27. The number of carbonyl (C=O) groups is 2. The summed E-state index contributed by atoms with van der Waals surface area (Å²) in [7, 11) is 1.74. The largest absolute Gasteiger partial charge is 0.466 e. The van der Waals surface area contributed by atoms with E-state index in [0.29, 0.717) is 25.0 Å². The van der Waals surface area contributed by atoms with Gasteiger partial charge in [-0.1, -0.05) is 12.1 Å². The van der Waals surface area contributed by atoms with Gasteiger partial charge in [-0.25, -0.2) is 0 Å². The summed E-state index contributed by atoms with van der Waals surface area (Å²) in [5.74, 6) is -0.257. The predicted octanol–water partition coefficient (Wildman–Crippen LogP) is 1.85. The number of carbonyl (C=O) groups excluding carboxylic acids is 2. The quantitative estimate of drug-likeness (QED) is 0.841. The van der Waals surface area contributed by atoms with Crippen molar-refractivity contribution < 1.29 is 14.3 Å². The van der Waals surface area contributed by atoms with Gasteiger partial charge >= 0.3 is 5.97 Å². The zero-order valence-corrected chi connectivity index (χ0v) is 11.2. The van der Waals surface area contributed by atoms with Gasteiger partial charge < -0.3 is 15.0 Å². The van der Waals surface area contributed by atoms with Gasteiger partial charge in [0.15, 0.2) is 0 Å². The zero-order valence-electron chi connectivity index (χ0n) is 11.2. The van der Waals surface area contributed by atoms with Gasteiger partial charge in [0.05, 0.1) is 12.2 Å². The minimum atomic E-state index is -0.232. The Hall–Kier alpha value is -2.04. The molecule has 0 bridgehead atoms. The van der Waals surface area contributed by atoms with Crippen LogP contribution in [0, 0.1) is 0 Å². The van der Waals surface area contributed by atoms with Crippen LogP contribution in [0.1, 0.15) is 30.1 Å². The van der Waals surface area contributed by atoms with Crippen LogP contribution in [0.4, 0.5) is 5.69 Å². The van der Waals surface area contributed by atoms with Gasteiger partial charge in [-0.15, -0.1) is 0 Å². The highest BCUT2D eigenvalue weighted by Gasteiger charge is 2.28. The van der Waals surface area contributed by atoms with Gasteiger partial charge in [0.1, 0.15) is 6.17 Å². The second kappa shape index (κ2) is 5.73. The highest BCUT2D eigenvalue weighted by atomic mass is 16.5. The molecule has 1 aliphatic rings. The van der Waals surface area contributed by atoms with E-state index in [9.17, 15) is 9.59 Å². The number of esters is 1. The van der Waals surface area contributed by atoms with Crippen LogP contribution >= 0.6 is 0 Å². The zero-order chi connectivity index (χ0) is 13.8. The fourth-order valence-electron chi connectivity index (χ4n) is 2.16. The van der Waals surface area contributed by atoms with E-state index in [2.05, 4.69) is 5.32 Å². The molecule has 0 aromatic heterocycles. The Morgan fingerprint density at radius 1 is 1.42 bits per heavy atom. The third kappa shape index (κ3) is 2.86. The Kier molecular flexibility index (Phi) is 4.04. The summed E-state index contributed by atoms with van der Waals surface area (Å²) < 4.78 is 4.89. The third-order valence-corrected chi connectivity index (χ3v) is 3.19. The molecule has 1 amide bonds. The Bertz CT molecular complexity index is 487. The van der Waals surface area contributed by atoms with Crippen LogP contribution in [0.3, 0.4) is 0 Å². The van der Waals surface area contributed by atoms with E-state index in [-0.39, 0.29) is 18.0 Å². The average Bonchev–Trinajstić information content (AvgIpc) is 2.42. The lowest BCUT2D eigenvalue weighted by atomic mass is 10.1. The van der Waals surface area contributed by atoms with E-state index in [4.69, 9.17) is 4.74 Å². The Balaban J connectivity index is 2.04. The van der Waals surface area contributed by atoms with Crippen molar-refractivity contribution in [3.05, 3.63) is 29.8 Å². The molecule has 1 atom stereocenters. The van der Waals surface area contributed by atoms with Crippen molar-refractivity contribution in [2.75, 3.05) is 19.0 Å². The summed E-state index contributed by atoms with van der Waals surface area (Å²) in [4.78, 5) is 25.2. The number of amides is 1. The first-order valence-electron chi connectivity index (χ1n) is 6.42. The molecule has 0 saturated carbocycles. The normalized spacial score (nSPS) is 17.7. The first-order chi connectivity index (χ1) is 9.13. The highest BCUT2D eigenvalue weighted by molar-refractivity contribution is 6.01. The number of rotatable bonds is 4. The van der Waals surface area contributed by atoms with Crippen LogP contribution < -0.4 is 5.32 Å². The molecule has 0 aliphatic carbocycles. The summed E-state index contributed by atoms with van der Waals surface area (Å²) in [6.07, 6.45) is 0.660. The number of hydrogen-bond donors (Lipinski definition) is 1. The molecule has 0 radical (unpaired) electrons. The third-order valence-electron chi connectivity index (χ3n) is 3.19. The van der Waals surface area contributed by atoms with E-state index >= 15 is 0 Å². The minimum absolute atomic E-state index is 0.0248. The molecule has 0 saturated heterocycles. The molecule has 1 aromatic rings. The molecule has 1 N–H and O–H groups in total. The molecular weight excluding hydrogens is 244 g/mol. The molecule has 5 heteroatoms.